The molecule has 1 N–H and O–H groups in total. The third kappa shape index (κ3) is 6.70. The number of benzene rings is 3. The predicted molar refractivity (Wildman–Crippen MR) is 145 cm³/mol. The Hall–Kier alpha value is -3.81. The highest BCUT2D eigenvalue weighted by atomic mass is 16.4. The van der Waals surface area contributed by atoms with Crippen LogP contribution < -0.4 is 5.32 Å². The van der Waals surface area contributed by atoms with Crippen LogP contribution >= 0.6 is 0 Å². The summed E-state index contributed by atoms with van der Waals surface area (Å²) in [5.74, 6) is 0.857. The van der Waals surface area contributed by atoms with Gasteiger partial charge in [-0.05, 0) is 61.9 Å². The van der Waals surface area contributed by atoms with Crippen molar-refractivity contribution in [2.24, 2.45) is 0 Å². The molecule has 1 aliphatic rings. The summed E-state index contributed by atoms with van der Waals surface area (Å²) in [5.41, 5.74) is 4.81. The number of hydrogen-bond acceptors (Lipinski definition) is 6. The number of aromatic nitrogens is 2. The van der Waals surface area contributed by atoms with Gasteiger partial charge in [-0.15, -0.1) is 10.2 Å². The number of aryl methyl sites for hydroxylation is 1. The van der Waals surface area contributed by atoms with Crippen LogP contribution in [0.15, 0.2) is 83.3 Å². The Bertz CT molecular complexity index is 1300. The molecule has 5 rings (SSSR count). The fraction of sp³-hybridized carbons (Fsp3) is 0.300. The van der Waals surface area contributed by atoms with E-state index < -0.39 is 0 Å². The second-order valence-corrected chi connectivity index (χ2v) is 9.57. The van der Waals surface area contributed by atoms with Gasteiger partial charge in [0, 0.05) is 56.0 Å². The van der Waals surface area contributed by atoms with Gasteiger partial charge in [0.25, 0.3) is 5.91 Å². The SMILES string of the molecule is Cc1cccc(-c2nnc(-c3ccc(C(=O)NCCCN4CCN(Cc5ccccc5)CC4)cc3)o2)c1. The van der Waals surface area contributed by atoms with Crippen LogP contribution in [0.2, 0.25) is 0 Å². The molecule has 7 heteroatoms. The summed E-state index contributed by atoms with van der Waals surface area (Å²) in [6.07, 6.45) is 0.937. The third-order valence-electron chi connectivity index (χ3n) is 6.73. The number of nitrogens with zero attached hydrogens (tertiary/aromatic N) is 4. The monoisotopic (exact) mass is 495 g/mol. The largest absolute Gasteiger partial charge is 0.416 e. The fourth-order valence-corrected chi connectivity index (χ4v) is 4.62. The summed E-state index contributed by atoms with van der Waals surface area (Å²) in [4.78, 5) is 17.6. The molecule has 4 aromatic rings. The first-order valence-corrected chi connectivity index (χ1v) is 12.9. The number of hydrogen-bond donors (Lipinski definition) is 1. The van der Waals surface area contributed by atoms with Crippen LogP contribution in [-0.2, 0) is 6.54 Å². The highest BCUT2D eigenvalue weighted by Crippen LogP contribution is 2.24. The van der Waals surface area contributed by atoms with Gasteiger partial charge in [0.15, 0.2) is 0 Å². The zero-order valence-corrected chi connectivity index (χ0v) is 21.3. The van der Waals surface area contributed by atoms with E-state index in [-0.39, 0.29) is 5.91 Å². The molecule has 1 amide bonds. The van der Waals surface area contributed by atoms with Gasteiger partial charge in [-0.1, -0.05) is 48.0 Å². The second-order valence-electron chi connectivity index (χ2n) is 9.57. The quantitative estimate of drug-likeness (QED) is 0.341. The van der Waals surface area contributed by atoms with Gasteiger partial charge < -0.3 is 14.6 Å². The lowest BCUT2D eigenvalue weighted by atomic mass is 10.1. The highest BCUT2D eigenvalue weighted by Gasteiger charge is 2.17. The van der Waals surface area contributed by atoms with Crippen LogP contribution in [0.1, 0.15) is 27.9 Å². The number of piperazine rings is 1. The number of amides is 1. The molecule has 0 unspecified atom stereocenters. The van der Waals surface area contributed by atoms with Crippen LogP contribution in [0, 0.1) is 6.92 Å². The van der Waals surface area contributed by atoms with Crippen LogP contribution in [-0.4, -0.2) is 65.2 Å². The van der Waals surface area contributed by atoms with Crippen molar-refractivity contribution in [3.63, 3.8) is 0 Å². The van der Waals surface area contributed by atoms with Gasteiger partial charge in [0.2, 0.25) is 11.8 Å². The molecule has 0 radical (unpaired) electrons. The van der Waals surface area contributed by atoms with E-state index >= 15 is 0 Å². The minimum atomic E-state index is -0.0646. The molecule has 7 nitrogen and oxygen atoms in total. The van der Waals surface area contributed by atoms with Crippen molar-refractivity contribution in [1.29, 1.82) is 0 Å². The zero-order chi connectivity index (χ0) is 25.5. The van der Waals surface area contributed by atoms with Crippen molar-refractivity contribution in [2.45, 2.75) is 19.9 Å². The highest BCUT2D eigenvalue weighted by molar-refractivity contribution is 5.94. The molecule has 0 spiro atoms. The van der Waals surface area contributed by atoms with E-state index in [4.69, 9.17) is 4.42 Å². The maximum Gasteiger partial charge on any atom is 0.251 e. The number of rotatable bonds is 9. The lowest BCUT2D eigenvalue weighted by Crippen LogP contribution is -2.46. The summed E-state index contributed by atoms with van der Waals surface area (Å²) in [6, 6.07) is 25.9. The lowest BCUT2D eigenvalue weighted by Gasteiger charge is -2.34. The van der Waals surface area contributed by atoms with Crippen molar-refractivity contribution < 1.29 is 9.21 Å². The van der Waals surface area contributed by atoms with Gasteiger partial charge in [0.05, 0.1) is 0 Å². The molecule has 0 aliphatic carbocycles. The normalized spacial score (nSPS) is 14.5. The van der Waals surface area contributed by atoms with Crippen molar-refractivity contribution in [3.8, 4) is 22.9 Å². The first-order chi connectivity index (χ1) is 18.1. The Morgan fingerprint density at radius 3 is 2.27 bits per heavy atom. The smallest absolute Gasteiger partial charge is 0.251 e. The Balaban J connectivity index is 1.04. The van der Waals surface area contributed by atoms with E-state index in [1.54, 1.807) is 12.1 Å². The molecule has 1 aromatic heterocycles. The van der Waals surface area contributed by atoms with E-state index in [2.05, 4.69) is 55.6 Å². The standard InChI is InChI=1S/C30H33N5O2/c1-23-7-5-10-27(21-23)30-33-32-29(37-30)26-13-11-25(12-14-26)28(36)31-15-6-16-34-17-19-35(20-18-34)22-24-8-3-2-4-9-24/h2-5,7-14,21H,6,15-20,22H2,1H3,(H,31,36). The fourth-order valence-electron chi connectivity index (χ4n) is 4.62. The molecule has 190 valence electrons. The molecule has 0 saturated carbocycles. The Labute approximate surface area is 218 Å². The van der Waals surface area contributed by atoms with Gasteiger partial charge in [-0.2, -0.15) is 0 Å². The summed E-state index contributed by atoms with van der Waals surface area (Å²) in [5, 5.41) is 11.4. The minimum absolute atomic E-state index is 0.0646. The van der Waals surface area contributed by atoms with Crippen LogP contribution in [0.3, 0.4) is 0 Å². The maximum atomic E-state index is 12.6. The second kappa shape index (κ2) is 12.0. The van der Waals surface area contributed by atoms with Gasteiger partial charge in [-0.25, -0.2) is 0 Å². The van der Waals surface area contributed by atoms with Gasteiger partial charge in [0.1, 0.15) is 0 Å². The molecule has 0 atom stereocenters. The van der Waals surface area contributed by atoms with E-state index in [1.165, 1.54) is 5.56 Å². The number of carbonyl (C=O) groups excluding carboxylic acids is 1. The van der Waals surface area contributed by atoms with Crippen molar-refractivity contribution in [1.82, 2.24) is 25.3 Å². The third-order valence-corrected chi connectivity index (χ3v) is 6.73. The number of carbonyl (C=O) groups is 1. The predicted octanol–water partition coefficient (Wildman–Crippen LogP) is 4.65. The molecule has 0 bridgehead atoms. The summed E-state index contributed by atoms with van der Waals surface area (Å²) >= 11 is 0. The molecule has 1 saturated heterocycles. The van der Waals surface area contributed by atoms with Crippen molar-refractivity contribution >= 4 is 5.91 Å². The average molecular weight is 496 g/mol. The minimum Gasteiger partial charge on any atom is -0.416 e. The molecular weight excluding hydrogens is 462 g/mol. The number of nitrogens with one attached hydrogen (secondary N) is 1. The Morgan fingerprint density at radius 1 is 0.838 bits per heavy atom. The summed E-state index contributed by atoms with van der Waals surface area (Å²) in [7, 11) is 0. The molecule has 37 heavy (non-hydrogen) atoms. The topological polar surface area (TPSA) is 74.5 Å². The molecule has 1 fully saturated rings. The Morgan fingerprint density at radius 2 is 1.54 bits per heavy atom. The molecule has 1 aliphatic heterocycles. The summed E-state index contributed by atoms with van der Waals surface area (Å²) < 4.78 is 5.85. The zero-order valence-electron chi connectivity index (χ0n) is 21.3. The van der Waals surface area contributed by atoms with Gasteiger partial charge in [-0.3, -0.25) is 9.69 Å². The van der Waals surface area contributed by atoms with E-state index in [0.29, 0.717) is 23.9 Å². The van der Waals surface area contributed by atoms with Crippen molar-refractivity contribution in [3.05, 3.63) is 95.6 Å². The maximum absolute atomic E-state index is 12.6. The first-order valence-electron chi connectivity index (χ1n) is 12.9. The molecular formula is C30H33N5O2. The molecule has 3 aromatic carbocycles. The van der Waals surface area contributed by atoms with Crippen LogP contribution in [0.25, 0.3) is 22.9 Å². The van der Waals surface area contributed by atoms with Crippen LogP contribution in [0.4, 0.5) is 0 Å². The summed E-state index contributed by atoms with van der Waals surface area (Å²) in [6.45, 7) is 9.02. The van der Waals surface area contributed by atoms with E-state index in [0.717, 1.165) is 62.4 Å². The van der Waals surface area contributed by atoms with Crippen LogP contribution in [0.5, 0.6) is 0 Å². The first kappa shape index (κ1) is 24.9. The van der Waals surface area contributed by atoms with Gasteiger partial charge >= 0.3 is 0 Å². The van der Waals surface area contributed by atoms with Crippen molar-refractivity contribution in [2.75, 3.05) is 39.3 Å². The lowest BCUT2D eigenvalue weighted by molar-refractivity contribution is 0.0947. The average Bonchev–Trinajstić information content (AvgIpc) is 3.43. The van der Waals surface area contributed by atoms with E-state index in [9.17, 15) is 4.79 Å². The molecule has 2 heterocycles. The Kier molecular flexibility index (Phi) is 8.03. The van der Waals surface area contributed by atoms with E-state index in [1.807, 2.05) is 43.3 Å².